The van der Waals surface area contributed by atoms with Crippen LogP contribution >= 0.6 is 7.82 Å². The van der Waals surface area contributed by atoms with Crippen molar-refractivity contribution >= 4 is 19.9 Å². The van der Waals surface area contributed by atoms with Crippen LogP contribution in [-0.2, 0) is 49.5 Å². The fraction of sp³-hybridized carbons (Fsp3) is 0.179. The van der Waals surface area contributed by atoms with Crippen molar-refractivity contribution in [2.24, 2.45) is 0 Å². The molecule has 0 bridgehead atoms. The second kappa shape index (κ2) is 16.0. The smallest absolute Gasteiger partial charge is 0.480 e. The van der Waals surface area contributed by atoms with Crippen molar-refractivity contribution in [2.75, 3.05) is 6.61 Å². The van der Waals surface area contributed by atoms with Gasteiger partial charge in [-0.25, -0.2) is 18.5 Å². The molecule has 1 aliphatic carbocycles. The molecule has 5 aromatic rings. The number of benzene rings is 5. The van der Waals surface area contributed by atoms with Gasteiger partial charge in [0.25, 0.3) is 0 Å². The van der Waals surface area contributed by atoms with Crippen LogP contribution in [0.25, 0.3) is 11.1 Å². The fourth-order valence-electron chi connectivity index (χ4n) is 5.84. The van der Waals surface area contributed by atoms with Gasteiger partial charge in [-0.05, 0) is 51.1 Å². The second-order valence-electron chi connectivity index (χ2n) is 11.7. The van der Waals surface area contributed by atoms with Crippen LogP contribution in [0.2, 0.25) is 0 Å². The van der Waals surface area contributed by atoms with E-state index in [2.05, 4.69) is 5.32 Å². The number of nitrogens with one attached hydrogen (secondary N) is 1. The van der Waals surface area contributed by atoms with Crippen LogP contribution in [0.4, 0.5) is 9.18 Å². The second-order valence-corrected chi connectivity index (χ2v) is 13.3. The minimum atomic E-state index is -4.28. The average Bonchev–Trinajstić information content (AvgIpc) is 3.47. The van der Waals surface area contributed by atoms with E-state index in [-0.39, 0.29) is 43.5 Å². The lowest BCUT2D eigenvalue weighted by atomic mass is 9.98. The lowest BCUT2D eigenvalue weighted by Gasteiger charge is -2.21. The summed E-state index contributed by atoms with van der Waals surface area (Å²) in [5.41, 5.74) is 6.03. The summed E-state index contributed by atoms with van der Waals surface area (Å²) in [6.45, 7) is -1.17. The van der Waals surface area contributed by atoms with Crippen molar-refractivity contribution in [1.29, 1.82) is 0 Å². The molecule has 0 radical (unpaired) electrons. The van der Waals surface area contributed by atoms with E-state index in [0.29, 0.717) is 5.56 Å². The van der Waals surface area contributed by atoms with E-state index in [1.54, 1.807) is 24.3 Å². The summed E-state index contributed by atoms with van der Waals surface area (Å²) in [4.78, 5) is 25.0. The Kier molecular flexibility index (Phi) is 11.0. The number of ether oxygens (including phenoxy) is 1. The molecule has 0 aromatic heterocycles. The Morgan fingerprint density at radius 1 is 0.740 bits per heavy atom. The van der Waals surface area contributed by atoms with Crippen LogP contribution in [0.1, 0.15) is 39.3 Å². The molecule has 0 saturated heterocycles. The molecule has 6 rings (SSSR count). The Morgan fingerprint density at radius 2 is 1.28 bits per heavy atom. The number of hydrogen-bond donors (Lipinski definition) is 2. The van der Waals surface area contributed by atoms with Crippen molar-refractivity contribution < 1.29 is 42.0 Å². The van der Waals surface area contributed by atoms with Crippen LogP contribution in [0.5, 0.6) is 5.75 Å². The number of carbonyl (C=O) groups excluding carboxylic acids is 1. The summed E-state index contributed by atoms with van der Waals surface area (Å²) >= 11 is 0. The highest BCUT2D eigenvalue weighted by Crippen LogP contribution is 2.52. The number of carboxylic acid groups (broad SMARTS) is 1. The molecule has 0 heterocycles. The van der Waals surface area contributed by atoms with E-state index in [9.17, 15) is 23.7 Å². The third-order valence-electron chi connectivity index (χ3n) is 8.32. The Balaban J connectivity index is 1.12. The minimum Gasteiger partial charge on any atom is -0.480 e. The van der Waals surface area contributed by atoms with Crippen molar-refractivity contribution in [2.45, 2.75) is 38.3 Å². The number of amides is 1. The number of phosphoric ester groups is 1. The topological polar surface area (TPSA) is 120 Å². The van der Waals surface area contributed by atoms with Gasteiger partial charge in [0.05, 0.1) is 13.2 Å². The molecule has 9 nitrogen and oxygen atoms in total. The molecule has 5 aromatic carbocycles. The van der Waals surface area contributed by atoms with E-state index >= 15 is 0 Å². The predicted octanol–water partition coefficient (Wildman–Crippen LogP) is 8.61. The maximum atomic E-state index is 14.4. The van der Waals surface area contributed by atoms with Gasteiger partial charge in [-0.1, -0.05) is 115 Å². The number of carbonyl (C=O) groups is 2. The molecule has 1 atom stereocenters. The third kappa shape index (κ3) is 8.47. The maximum absolute atomic E-state index is 14.4. The van der Waals surface area contributed by atoms with E-state index in [1.165, 1.54) is 18.2 Å². The van der Waals surface area contributed by atoms with Gasteiger partial charge in [0.2, 0.25) is 0 Å². The summed E-state index contributed by atoms with van der Waals surface area (Å²) in [5, 5.41) is 12.3. The molecule has 256 valence electrons. The number of rotatable bonds is 15. The molecule has 0 saturated carbocycles. The summed E-state index contributed by atoms with van der Waals surface area (Å²) in [7, 11) is -4.28. The van der Waals surface area contributed by atoms with Crippen molar-refractivity contribution in [3.63, 3.8) is 0 Å². The fourth-order valence-corrected chi connectivity index (χ4v) is 7.05. The highest BCUT2D eigenvalue weighted by Gasteiger charge is 2.32. The molecule has 11 heteroatoms. The normalized spacial score (nSPS) is 12.8. The van der Waals surface area contributed by atoms with Crippen molar-refractivity contribution in [1.82, 2.24) is 5.32 Å². The van der Waals surface area contributed by atoms with Gasteiger partial charge < -0.3 is 19.7 Å². The molecule has 50 heavy (non-hydrogen) atoms. The summed E-state index contributed by atoms with van der Waals surface area (Å²) in [6.07, 6.45) is -1.07. The largest absolute Gasteiger partial charge is 0.530 e. The molecule has 0 fully saturated rings. The highest BCUT2D eigenvalue weighted by molar-refractivity contribution is 7.48. The minimum absolute atomic E-state index is 0.000346. The van der Waals surface area contributed by atoms with Crippen molar-refractivity contribution in [3.8, 4) is 16.9 Å². The van der Waals surface area contributed by atoms with Crippen LogP contribution in [0.3, 0.4) is 0 Å². The number of hydrogen-bond acceptors (Lipinski definition) is 7. The van der Waals surface area contributed by atoms with Crippen LogP contribution < -0.4 is 9.84 Å². The molecule has 1 aliphatic rings. The number of phosphoric acid groups is 1. The number of aliphatic carboxylic acids is 1. The Hall–Kier alpha value is -5.28. The first kappa shape index (κ1) is 34.6. The van der Waals surface area contributed by atoms with E-state index < -0.39 is 32.6 Å². The maximum Gasteiger partial charge on any atom is 0.530 e. The van der Waals surface area contributed by atoms with Crippen LogP contribution in [0.15, 0.2) is 127 Å². The van der Waals surface area contributed by atoms with Gasteiger partial charge >= 0.3 is 19.9 Å². The van der Waals surface area contributed by atoms with Crippen molar-refractivity contribution in [3.05, 3.63) is 161 Å². The molecule has 0 aliphatic heterocycles. The number of carboxylic acids is 1. The van der Waals surface area contributed by atoms with Gasteiger partial charge in [0.1, 0.15) is 25.1 Å². The quantitative estimate of drug-likeness (QED) is 0.105. The molecule has 0 unspecified atom stereocenters. The van der Waals surface area contributed by atoms with E-state index in [0.717, 1.165) is 33.4 Å². The number of fused-ring (bicyclic) bond motifs is 3. The summed E-state index contributed by atoms with van der Waals surface area (Å²) in [5.74, 6) is -1.58. The first-order valence-corrected chi connectivity index (χ1v) is 17.5. The Morgan fingerprint density at radius 3 is 1.82 bits per heavy atom. The molecule has 2 N–H and O–H groups in total. The Labute approximate surface area is 289 Å². The molecule has 0 spiro atoms. The van der Waals surface area contributed by atoms with Gasteiger partial charge in [-0.3, -0.25) is 9.05 Å². The number of alkyl carbamates (subject to hydrolysis) is 1. The average molecular weight is 696 g/mol. The van der Waals surface area contributed by atoms with Crippen LogP contribution in [-0.4, -0.2) is 29.8 Å². The number of halogens is 1. The van der Waals surface area contributed by atoms with E-state index in [4.69, 9.17) is 18.3 Å². The zero-order valence-electron chi connectivity index (χ0n) is 26.9. The van der Waals surface area contributed by atoms with Gasteiger partial charge in [-0.15, -0.1) is 0 Å². The first-order chi connectivity index (χ1) is 24.3. The summed E-state index contributed by atoms with van der Waals surface area (Å²) in [6, 6.07) is 36.7. The molecule has 1 amide bonds. The van der Waals surface area contributed by atoms with E-state index in [1.807, 2.05) is 84.9 Å². The lowest BCUT2D eigenvalue weighted by Crippen LogP contribution is -2.42. The number of alkyl halides is 1. The van der Waals surface area contributed by atoms with Gasteiger partial charge in [-0.2, -0.15) is 0 Å². The van der Waals surface area contributed by atoms with Crippen LogP contribution in [0, 0.1) is 0 Å². The van der Waals surface area contributed by atoms with Gasteiger partial charge in [0.15, 0.2) is 0 Å². The lowest BCUT2D eigenvalue weighted by molar-refractivity contribution is -0.139. The standard InChI is InChI=1S/C39H35FNO8P/c40-23-30-21-29(19-20-37(30)49-50(45,47-24-27-11-3-1-4-12-27)48-25-28-13-5-2-6-14-28)22-36(38(42)43)41-39(44)46-26-35-33-17-9-7-15-31(33)32-16-8-10-18-34(32)35/h1-21,35-36H,22-26H2,(H,41,44)(H,42,43)/t36-/m0/s1. The zero-order valence-corrected chi connectivity index (χ0v) is 27.8. The summed E-state index contributed by atoms with van der Waals surface area (Å²) < 4.78 is 50.8. The predicted molar refractivity (Wildman–Crippen MR) is 185 cm³/mol. The molecular formula is C39H35FNO8P. The molecular weight excluding hydrogens is 660 g/mol. The zero-order chi connectivity index (χ0) is 34.9. The first-order valence-electron chi connectivity index (χ1n) is 16.0. The highest BCUT2D eigenvalue weighted by atomic mass is 31.2. The Bertz CT molecular complexity index is 1900. The third-order valence-corrected chi connectivity index (χ3v) is 9.63. The monoisotopic (exact) mass is 695 g/mol. The van der Waals surface area contributed by atoms with Gasteiger partial charge in [0, 0.05) is 17.9 Å². The SMILES string of the molecule is O=C(N[C@@H](Cc1ccc(OP(=O)(OCc2ccccc2)OCc2ccccc2)c(CF)c1)C(=O)O)OCC1c2ccccc2-c2ccccc21.